The highest BCUT2D eigenvalue weighted by atomic mass is 16.5. The number of ether oxygens (including phenoxy) is 3. The lowest BCUT2D eigenvalue weighted by atomic mass is 10.2. The van der Waals surface area contributed by atoms with Gasteiger partial charge in [0.05, 0.1) is 20.3 Å². The molecular weight excluding hydrogens is 382 g/mol. The number of hydrogen-bond acceptors (Lipinski definition) is 6. The van der Waals surface area contributed by atoms with Crippen LogP contribution in [-0.2, 0) is 9.53 Å². The number of nitrogens with zero attached hydrogens (tertiary/aromatic N) is 1. The van der Waals surface area contributed by atoms with Crippen molar-refractivity contribution in [3.05, 3.63) is 54.6 Å². The molecule has 0 saturated carbocycles. The van der Waals surface area contributed by atoms with Gasteiger partial charge in [0.2, 0.25) is 5.89 Å². The van der Waals surface area contributed by atoms with Crippen LogP contribution in [0.3, 0.4) is 0 Å². The van der Waals surface area contributed by atoms with Crippen LogP contribution in [0.2, 0.25) is 0 Å². The van der Waals surface area contributed by atoms with Crippen LogP contribution in [0.5, 0.6) is 11.5 Å². The number of carbonyl (C=O) groups excluding carboxylic acids is 1. The summed E-state index contributed by atoms with van der Waals surface area (Å²) < 4.78 is 22.3. The summed E-state index contributed by atoms with van der Waals surface area (Å²) >= 11 is 0. The Morgan fingerprint density at radius 1 is 1.03 bits per heavy atom. The number of unbranched alkanes of at least 4 members (excludes halogenated alkanes) is 3. The van der Waals surface area contributed by atoms with Gasteiger partial charge in [0.15, 0.2) is 17.1 Å². The maximum Gasteiger partial charge on any atom is 0.333 e. The van der Waals surface area contributed by atoms with Crippen molar-refractivity contribution in [1.29, 1.82) is 0 Å². The predicted molar refractivity (Wildman–Crippen MR) is 116 cm³/mol. The third-order valence-corrected chi connectivity index (χ3v) is 4.58. The van der Waals surface area contributed by atoms with Crippen molar-refractivity contribution in [3.63, 3.8) is 0 Å². The number of esters is 1. The van der Waals surface area contributed by atoms with Crippen molar-refractivity contribution in [1.82, 2.24) is 4.98 Å². The molecule has 0 bridgehead atoms. The summed E-state index contributed by atoms with van der Waals surface area (Å²) in [6.07, 6.45) is 3.71. The van der Waals surface area contributed by atoms with Crippen LogP contribution in [0, 0.1) is 0 Å². The first-order valence-corrected chi connectivity index (χ1v) is 10.1. The van der Waals surface area contributed by atoms with Crippen molar-refractivity contribution in [2.45, 2.75) is 32.6 Å². The number of hydrogen-bond donors (Lipinski definition) is 0. The SMILES string of the molecule is C=C(C)C(=O)OCCCCCCOc1ccc(-c2nc3ccccc3o2)cc1OC. The molecule has 0 unspecified atom stereocenters. The first-order valence-electron chi connectivity index (χ1n) is 10.1. The lowest BCUT2D eigenvalue weighted by Crippen LogP contribution is -2.06. The molecule has 0 atom stereocenters. The van der Waals surface area contributed by atoms with E-state index >= 15 is 0 Å². The summed E-state index contributed by atoms with van der Waals surface area (Å²) in [7, 11) is 1.62. The van der Waals surface area contributed by atoms with Gasteiger partial charge in [-0.25, -0.2) is 9.78 Å². The van der Waals surface area contributed by atoms with E-state index < -0.39 is 0 Å². The minimum absolute atomic E-state index is 0.327. The molecule has 3 rings (SSSR count). The van der Waals surface area contributed by atoms with E-state index in [-0.39, 0.29) is 5.97 Å². The summed E-state index contributed by atoms with van der Waals surface area (Å²) in [5, 5.41) is 0. The number of carbonyl (C=O) groups is 1. The molecule has 0 fully saturated rings. The van der Waals surface area contributed by atoms with Crippen LogP contribution >= 0.6 is 0 Å². The van der Waals surface area contributed by atoms with E-state index in [0.717, 1.165) is 42.3 Å². The molecule has 2 aromatic carbocycles. The number of oxazole rings is 1. The number of aromatic nitrogens is 1. The second-order valence-electron chi connectivity index (χ2n) is 7.03. The number of rotatable bonds is 11. The zero-order chi connectivity index (χ0) is 21.3. The monoisotopic (exact) mass is 409 g/mol. The van der Waals surface area contributed by atoms with Gasteiger partial charge in [-0.1, -0.05) is 18.7 Å². The standard InChI is InChI=1S/C24H27NO5/c1-17(2)24(26)29-15-9-5-4-8-14-28-21-13-12-18(16-22(21)27-3)23-25-19-10-6-7-11-20(19)30-23/h6-7,10-13,16H,1,4-5,8-9,14-15H2,2-3H3. The van der Waals surface area contributed by atoms with E-state index in [9.17, 15) is 4.79 Å². The molecule has 1 aromatic heterocycles. The Kier molecular flexibility index (Phi) is 7.49. The largest absolute Gasteiger partial charge is 0.493 e. The van der Waals surface area contributed by atoms with Gasteiger partial charge in [0, 0.05) is 11.1 Å². The highest BCUT2D eigenvalue weighted by molar-refractivity contribution is 5.86. The molecule has 6 heteroatoms. The van der Waals surface area contributed by atoms with Gasteiger partial charge in [-0.05, 0) is 62.9 Å². The van der Waals surface area contributed by atoms with E-state index in [4.69, 9.17) is 18.6 Å². The van der Waals surface area contributed by atoms with Gasteiger partial charge in [0.25, 0.3) is 0 Å². The summed E-state index contributed by atoms with van der Waals surface area (Å²) in [6.45, 7) is 6.22. The molecule has 0 aliphatic carbocycles. The highest BCUT2D eigenvalue weighted by Gasteiger charge is 2.12. The van der Waals surface area contributed by atoms with Gasteiger partial charge < -0.3 is 18.6 Å². The summed E-state index contributed by atoms with van der Waals surface area (Å²) in [4.78, 5) is 15.8. The third kappa shape index (κ3) is 5.63. The second-order valence-corrected chi connectivity index (χ2v) is 7.03. The Labute approximate surface area is 176 Å². The molecule has 0 amide bonds. The third-order valence-electron chi connectivity index (χ3n) is 4.58. The fraction of sp³-hybridized carbons (Fsp3) is 0.333. The second kappa shape index (κ2) is 10.5. The Hall–Kier alpha value is -3.28. The van der Waals surface area contributed by atoms with E-state index in [1.54, 1.807) is 14.0 Å². The fourth-order valence-electron chi connectivity index (χ4n) is 2.94. The molecule has 1 heterocycles. The van der Waals surface area contributed by atoms with E-state index in [0.29, 0.717) is 36.2 Å². The minimum Gasteiger partial charge on any atom is -0.493 e. The summed E-state index contributed by atoms with van der Waals surface area (Å²) in [5.41, 5.74) is 2.83. The van der Waals surface area contributed by atoms with Gasteiger partial charge >= 0.3 is 5.97 Å². The van der Waals surface area contributed by atoms with Crippen LogP contribution in [0.1, 0.15) is 32.6 Å². The average Bonchev–Trinajstić information content (AvgIpc) is 3.19. The lowest BCUT2D eigenvalue weighted by molar-refractivity contribution is -0.139. The maximum atomic E-state index is 11.3. The average molecular weight is 409 g/mol. The van der Waals surface area contributed by atoms with E-state index in [2.05, 4.69) is 11.6 Å². The number of methoxy groups -OCH3 is 1. The molecule has 0 aliphatic rings. The highest BCUT2D eigenvalue weighted by Crippen LogP contribution is 2.33. The fourth-order valence-corrected chi connectivity index (χ4v) is 2.94. The maximum absolute atomic E-state index is 11.3. The van der Waals surface area contributed by atoms with Crippen molar-refractivity contribution in [3.8, 4) is 23.0 Å². The topological polar surface area (TPSA) is 70.8 Å². The van der Waals surface area contributed by atoms with E-state index in [1.165, 1.54) is 0 Å². The van der Waals surface area contributed by atoms with Gasteiger partial charge in [-0.2, -0.15) is 0 Å². The van der Waals surface area contributed by atoms with Gasteiger partial charge in [0.1, 0.15) is 5.52 Å². The normalized spacial score (nSPS) is 10.7. The Balaban J connectivity index is 1.46. The molecule has 3 aromatic rings. The molecule has 0 N–H and O–H groups in total. The molecule has 30 heavy (non-hydrogen) atoms. The van der Waals surface area contributed by atoms with Crippen molar-refractivity contribution in [2.24, 2.45) is 0 Å². The molecule has 6 nitrogen and oxygen atoms in total. The van der Waals surface area contributed by atoms with E-state index in [1.807, 2.05) is 42.5 Å². The molecule has 0 spiro atoms. The van der Waals surface area contributed by atoms with Crippen LogP contribution in [-0.4, -0.2) is 31.3 Å². The quantitative estimate of drug-likeness (QED) is 0.234. The van der Waals surface area contributed by atoms with Crippen LogP contribution in [0.15, 0.2) is 59.0 Å². The van der Waals surface area contributed by atoms with Crippen molar-refractivity contribution in [2.75, 3.05) is 20.3 Å². The molecule has 0 radical (unpaired) electrons. The molecular formula is C24H27NO5. The lowest BCUT2D eigenvalue weighted by Gasteiger charge is -2.11. The summed E-state index contributed by atoms with van der Waals surface area (Å²) in [5.74, 6) is 1.55. The van der Waals surface area contributed by atoms with Crippen molar-refractivity contribution >= 4 is 17.1 Å². The minimum atomic E-state index is -0.327. The zero-order valence-corrected chi connectivity index (χ0v) is 17.5. The number of para-hydroxylation sites is 2. The van der Waals surface area contributed by atoms with Gasteiger partial charge in [-0.3, -0.25) is 0 Å². The van der Waals surface area contributed by atoms with Crippen molar-refractivity contribution < 1.29 is 23.4 Å². The molecule has 158 valence electrons. The summed E-state index contributed by atoms with van der Waals surface area (Å²) in [6, 6.07) is 13.3. The zero-order valence-electron chi connectivity index (χ0n) is 17.5. The first-order chi connectivity index (χ1) is 14.6. The molecule has 0 aliphatic heterocycles. The van der Waals surface area contributed by atoms with Crippen LogP contribution in [0.4, 0.5) is 0 Å². The Morgan fingerprint density at radius 2 is 1.80 bits per heavy atom. The van der Waals surface area contributed by atoms with Crippen LogP contribution < -0.4 is 9.47 Å². The number of fused-ring (bicyclic) bond motifs is 1. The Bertz CT molecular complexity index is 975. The number of benzene rings is 2. The molecule has 0 saturated heterocycles. The first kappa shape index (κ1) is 21.4. The smallest absolute Gasteiger partial charge is 0.333 e. The predicted octanol–water partition coefficient (Wildman–Crippen LogP) is 5.56. The van der Waals surface area contributed by atoms with Gasteiger partial charge in [-0.15, -0.1) is 0 Å². The van der Waals surface area contributed by atoms with Crippen LogP contribution in [0.25, 0.3) is 22.6 Å². The Morgan fingerprint density at radius 3 is 2.53 bits per heavy atom.